The molecule has 3 aliphatic heterocycles. The summed E-state index contributed by atoms with van der Waals surface area (Å²) >= 11 is 0. The SMILES string of the molecule is CN(CCN1CCC(N(C(=O)O)c2ccccc2-c2ccccc2)CC1)C(=O)CCCCCNc1ccc(C(=O)N(C)CCCCN(C)C(=O)CO[C@H]2Cc3ccccc3C23CCN(CC[C@]2(c4ccc(F)cc4)CN(C(=O)c4cc(C(F)(F)F)cc(C(F)(F)F)c4)CO2)CC3)cc1. The highest BCUT2D eigenvalue weighted by Gasteiger charge is 2.50. The number of unbranched alkanes of at least 4 members (excludes halogenated alkanes) is 3. The lowest BCUT2D eigenvalue weighted by Crippen LogP contribution is -2.50. The van der Waals surface area contributed by atoms with Crippen LogP contribution in [0.5, 0.6) is 0 Å². The third-order valence-electron chi connectivity index (χ3n) is 20.1. The predicted molar refractivity (Wildman–Crippen MR) is 360 cm³/mol. The van der Waals surface area contributed by atoms with Gasteiger partial charge in [-0.05, 0) is 160 Å². The largest absolute Gasteiger partial charge is 0.465 e. The van der Waals surface area contributed by atoms with Gasteiger partial charge < -0.3 is 49.3 Å². The zero-order valence-corrected chi connectivity index (χ0v) is 55.8. The molecule has 1 spiro atoms. The van der Waals surface area contributed by atoms with Gasteiger partial charge in [-0.1, -0.05) is 91.3 Å². The summed E-state index contributed by atoms with van der Waals surface area (Å²) in [5.74, 6) is -1.77. The lowest BCUT2D eigenvalue weighted by atomic mass is 9.72. The molecule has 5 amide bonds. The highest BCUT2D eigenvalue weighted by Crippen LogP contribution is 2.49. The van der Waals surface area contributed by atoms with Crippen LogP contribution in [-0.2, 0) is 48.9 Å². The van der Waals surface area contributed by atoms with Crippen molar-refractivity contribution in [3.63, 3.8) is 0 Å². The average Bonchev–Trinajstić information content (AvgIpc) is 1.58. The number of nitrogens with one attached hydrogen (secondary N) is 1. The number of carboxylic acid groups (broad SMARTS) is 1. The van der Waals surface area contributed by atoms with Gasteiger partial charge in [-0.25, -0.2) is 9.18 Å². The average molecular weight is 1360 g/mol. The van der Waals surface area contributed by atoms with Crippen LogP contribution in [0.25, 0.3) is 11.1 Å². The fourth-order valence-electron chi connectivity index (χ4n) is 14.3. The molecular formula is C75H87F7N8O8. The van der Waals surface area contributed by atoms with E-state index >= 15 is 0 Å². The lowest BCUT2D eigenvalue weighted by Gasteiger charge is -2.44. The van der Waals surface area contributed by atoms with Gasteiger partial charge in [0, 0.05) is 114 Å². The molecule has 2 N–H and O–H groups in total. The summed E-state index contributed by atoms with van der Waals surface area (Å²) < 4.78 is 110. The number of para-hydroxylation sites is 1. The molecule has 0 aromatic heterocycles. The van der Waals surface area contributed by atoms with E-state index in [-0.39, 0.29) is 55.5 Å². The van der Waals surface area contributed by atoms with E-state index in [1.807, 2.05) is 85.9 Å². The van der Waals surface area contributed by atoms with E-state index in [0.717, 1.165) is 72.7 Å². The summed E-state index contributed by atoms with van der Waals surface area (Å²) in [6, 6.07) is 39.1. The molecule has 4 aliphatic rings. The molecule has 6 aromatic carbocycles. The van der Waals surface area contributed by atoms with Crippen molar-refractivity contribution in [3.8, 4) is 11.1 Å². The van der Waals surface area contributed by atoms with E-state index in [4.69, 9.17) is 9.47 Å². The van der Waals surface area contributed by atoms with Crippen molar-refractivity contribution in [2.24, 2.45) is 0 Å². The molecule has 3 saturated heterocycles. The second kappa shape index (κ2) is 32.1. The first kappa shape index (κ1) is 72.4. The number of hydrogen-bond donors (Lipinski definition) is 2. The summed E-state index contributed by atoms with van der Waals surface area (Å²) in [6.07, 6.45) is -3.58. The number of alkyl halides is 6. The molecule has 0 saturated carbocycles. The van der Waals surface area contributed by atoms with Crippen LogP contribution in [0.15, 0.2) is 146 Å². The summed E-state index contributed by atoms with van der Waals surface area (Å²) in [4.78, 5) is 78.8. The Balaban J connectivity index is 0.606. The molecule has 98 heavy (non-hydrogen) atoms. The van der Waals surface area contributed by atoms with Crippen LogP contribution >= 0.6 is 0 Å². The molecule has 1 aliphatic carbocycles. The number of fused-ring (bicyclic) bond motifs is 2. The number of likely N-dealkylation sites (N-methyl/N-ethyl adjacent to an activating group) is 2. The third kappa shape index (κ3) is 17.7. The maximum Gasteiger partial charge on any atom is 0.416 e. The van der Waals surface area contributed by atoms with Gasteiger partial charge >= 0.3 is 18.4 Å². The molecule has 23 heteroatoms. The summed E-state index contributed by atoms with van der Waals surface area (Å²) in [5, 5.41) is 13.8. The van der Waals surface area contributed by atoms with Gasteiger partial charge in [-0.2, -0.15) is 26.3 Å². The van der Waals surface area contributed by atoms with Gasteiger partial charge in [-0.3, -0.25) is 24.1 Å². The van der Waals surface area contributed by atoms with Gasteiger partial charge in [0.2, 0.25) is 11.8 Å². The summed E-state index contributed by atoms with van der Waals surface area (Å²) in [6.45, 7) is 5.39. The molecule has 0 radical (unpaired) electrons. The number of nitrogens with zero attached hydrogens (tertiary/aromatic N) is 7. The van der Waals surface area contributed by atoms with Crippen LogP contribution in [0.1, 0.15) is 119 Å². The van der Waals surface area contributed by atoms with E-state index in [1.54, 1.807) is 40.9 Å². The minimum atomic E-state index is -5.15. The monoisotopic (exact) mass is 1360 g/mol. The van der Waals surface area contributed by atoms with Crippen LogP contribution < -0.4 is 10.2 Å². The first-order valence-corrected chi connectivity index (χ1v) is 33.8. The van der Waals surface area contributed by atoms with E-state index < -0.39 is 64.6 Å². The Bertz CT molecular complexity index is 3660. The predicted octanol–water partition coefficient (Wildman–Crippen LogP) is 13.3. The Morgan fingerprint density at radius 2 is 1.28 bits per heavy atom. The van der Waals surface area contributed by atoms with E-state index in [0.29, 0.717) is 120 Å². The van der Waals surface area contributed by atoms with Crippen molar-refractivity contribution < 1.29 is 69.3 Å². The topological polar surface area (TPSA) is 159 Å². The normalized spacial score (nSPS) is 18.1. The molecular weight excluding hydrogens is 1270 g/mol. The van der Waals surface area contributed by atoms with Gasteiger partial charge in [0.05, 0.1) is 29.5 Å². The lowest BCUT2D eigenvalue weighted by molar-refractivity contribution is -0.143. The molecule has 0 bridgehead atoms. The Labute approximate surface area is 568 Å². The number of benzene rings is 6. The van der Waals surface area contributed by atoms with Gasteiger partial charge in [0.25, 0.3) is 11.8 Å². The number of carbonyl (C=O) groups is 5. The fourth-order valence-corrected chi connectivity index (χ4v) is 14.3. The van der Waals surface area contributed by atoms with Crippen LogP contribution in [0, 0.1) is 5.82 Å². The number of hydrogen-bond acceptors (Lipinski definition) is 10. The van der Waals surface area contributed by atoms with Crippen LogP contribution in [0.3, 0.4) is 0 Å². The van der Waals surface area contributed by atoms with Gasteiger partial charge in [0.1, 0.15) is 24.8 Å². The number of rotatable bonds is 27. The minimum absolute atomic E-state index is 0.0278. The van der Waals surface area contributed by atoms with Crippen LogP contribution in [-0.4, -0.2) is 183 Å². The Kier molecular flexibility index (Phi) is 23.7. The zero-order chi connectivity index (χ0) is 69.8. The molecule has 2 atom stereocenters. The van der Waals surface area contributed by atoms with Crippen molar-refractivity contribution >= 4 is 41.1 Å². The highest BCUT2D eigenvalue weighted by molar-refractivity contribution is 5.96. The molecule has 16 nitrogen and oxygen atoms in total. The van der Waals surface area contributed by atoms with Crippen molar-refractivity contribution in [3.05, 3.63) is 190 Å². The van der Waals surface area contributed by atoms with Gasteiger partial charge in [-0.15, -0.1) is 0 Å². The van der Waals surface area contributed by atoms with Gasteiger partial charge in [0.15, 0.2) is 0 Å². The fraction of sp³-hybridized carbons (Fsp3) is 0.453. The van der Waals surface area contributed by atoms with Crippen LogP contribution in [0.4, 0.5) is 46.9 Å². The first-order valence-electron chi connectivity index (χ1n) is 33.8. The Morgan fingerprint density at radius 3 is 1.95 bits per heavy atom. The molecule has 524 valence electrons. The molecule has 0 unspecified atom stereocenters. The third-order valence-corrected chi connectivity index (χ3v) is 20.1. The van der Waals surface area contributed by atoms with E-state index in [9.17, 15) is 59.8 Å². The maximum atomic E-state index is 14.2. The number of carbonyl (C=O) groups excluding carboxylic acids is 4. The number of amides is 5. The van der Waals surface area contributed by atoms with E-state index in [2.05, 4.69) is 27.2 Å². The smallest absolute Gasteiger partial charge is 0.416 e. The minimum Gasteiger partial charge on any atom is -0.465 e. The van der Waals surface area contributed by atoms with Crippen LogP contribution in [0.2, 0.25) is 0 Å². The van der Waals surface area contributed by atoms with Crippen molar-refractivity contribution in [1.82, 2.24) is 29.4 Å². The summed E-state index contributed by atoms with van der Waals surface area (Å²) in [5.41, 5.74) is 1.16. The second-order valence-corrected chi connectivity index (χ2v) is 26.5. The Morgan fingerprint density at radius 1 is 0.653 bits per heavy atom. The molecule has 10 rings (SSSR count). The maximum absolute atomic E-state index is 14.2. The molecule has 3 heterocycles. The Hall–Kier alpha value is -8.38. The quantitative estimate of drug-likeness (QED) is 0.0373. The number of likely N-dealkylation sites (tertiary alicyclic amines) is 2. The number of ether oxygens (including phenoxy) is 2. The second-order valence-electron chi connectivity index (χ2n) is 26.5. The molecule has 6 aromatic rings. The highest BCUT2D eigenvalue weighted by atomic mass is 19.4. The van der Waals surface area contributed by atoms with E-state index in [1.165, 1.54) is 34.7 Å². The number of piperidine rings is 2. The first-order chi connectivity index (χ1) is 46.9. The standard InChI is InChI=1S/C75H87F7N8O8/c1-84(37-14-15-38-86(3)69(93)54-23-29-61(30-24-54)83-36-13-5-8-22-67(91)85(2)44-45-87-39-31-62(32-40-87)90(71(95)96)65-21-12-10-19-63(65)53-16-6-4-7-17-53)68(92)50-97-66-48-55-18-9-11-20-64(55)72(66)33-41-88(42-34-72)43-35-73(57-25-27-60(76)28-26-57)51-89(52-98-73)70(94)56-46-58(74(77,78)79)49-59(47-56)75(80,81)82/h4,6-7,9-12,16-21,23-30,46-47,49,62,66,83H,5,8,13-15,22,31-45,48,50-52H2,1-3H3,(H,95,96)/t66-,73+/m0/s1. The summed E-state index contributed by atoms with van der Waals surface area (Å²) in [7, 11) is 5.35. The van der Waals surface area contributed by atoms with Crippen molar-refractivity contribution in [2.75, 3.05) is 117 Å². The zero-order valence-electron chi connectivity index (χ0n) is 55.8. The van der Waals surface area contributed by atoms with Crippen molar-refractivity contribution in [2.45, 2.75) is 113 Å². The molecule has 3 fully saturated rings. The number of halogens is 7. The van der Waals surface area contributed by atoms with Crippen molar-refractivity contribution in [1.29, 1.82) is 0 Å². The number of anilines is 2.